The van der Waals surface area contributed by atoms with Crippen LogP contribution in [0, 0.1) is 0 Å². The van der Waals surface area contributed by atoms with Crippen molar-refractivity contribution in [2.45, 2.75) is 11.8 Å². The van der Waals surface area contributed by atoms with E-state index in [2.05, 4.69) is 0 Å². The van der Waals surface area contributed by atoms with Gasteiger partial charge in [-0.05, 0) is 25.1 Å². The molecule has 0 amide bonds. The van der Waals surface area contributed by atoms with Crippen LogP contribution in [0.15, 0.2) is 29.2 Å². The van der Waals surface area contributed by atoms with Crippen molar-refractivity contribution in [3.05, 3.63) is 24.3 Å². The molecular weight excluding hydrogens is 186 g/mol. The van der Waals surface area contributed by atoms with Gasteiger partial charge in [-0.25, -0.2) is 0 Å². The van der Waals surface area contributed by atoms with Crippen molar-refractivity contribution in [1.29, 1.82) is 0 Å². The van der Waals surface area contributed by atoms with E-state index in [0.29, 0.717) is 17.2 Å². The largest absolute Gasteiger partial charge is 0.399 e. The third-order valence-corrected chi connectivity index (χ3v) is 2.68. The second-order valence-electron chi connectivity index (χ2n) is 2.53. The van der Waals surface area contributed by atoms with Gasteiger partial charge in [0.25, 0.3) is 0 Å². The Morgan fingerprint density at radius 3 is 2.92 bits per heavy atom. The second kappa shape index (κ2) is 4.99. The van der Waals surface area contributed by atoms with Crippen LogP contribution in [0.2, 0.25) is 0 Å². The Balaban J connectivity index is 2.66. The van der Waals surface area contributed by atoms with E-state index in [1.165, 1.54) is 0 Å². The van der Waals surface area contributed by atoms with Crippen LogP contribution in [0.25, 0.3) is 0 Å². The summed E-state index contributed by atoms with van der Waals surface area (Å²) in [6.45, 7) is 2.45. The Bertz CT molecular complexity index is 301. The van der Waals surface area contributed by atoms with Crippen LogP contribution in [0.4, 0.5) is 5.69 Å². The highest BCUT2D eigenvalue weighted by Crippen LogP contribution is 2.11. The standard InChI is InChI=1S/C9H13NO2S/c1-2-12-7-13(11)9-5-3-4-8(10)6-9/h3-6H,2,7,10H2,1H3. The maximum absolute atomic E-state index is 11.5. The monoisotopic (exact) mass is 199 g/mol. The fourth-order valence-corrected chi connectivity index (χ4v) is 1.84. The number of nitrogens with two attached hydrogens (primary N) is 1. The van der Waals surface area contributed by atoms with Crippen molar-refractivity contribution in [1.82, 2.24) is 0 Å². The van der Waals surface area contributed by atoms with Crippen LogP contribution in [-0.4, -0.2) is 16.8 Å². The molecule has 1 rings (SSSR count). The zero-order valence-corrected chi connectivity index (χ0v) is 8.34. The highest BCUT2D eigenvalue weighted by Gasteiger charge is 2.02. The molecule has 1 aromatic carbocycles. The molecule has 2 N–H and O–H groups in total. The third kappa shape index (κ3) is 3.16. The van der Waals surface area contributed by atoms with Gasteiger partial charge in [0.05, 0.1) is 10.8 Å². The van der Waals surface area contributed by atoms with Crippen LogP contribution < -0.4 is 5.73 Å². The van der Waals surface area contributed by atoms with E-state index < -0.39 is 10.8 Å². The fourth-order valence-electron chi connectivity index (χ4n) is 0.883. The Labute approximate surface area is 80.4 Å². The topological polar surface area (TPSA) is 52.3 Å². The molecule has 0 bridgehead atoms. The first kappa shape index (κ1) is 10.2. The lowest BCUT2D eigenvalue weighted by Gasteiger charge is -2.02. The number of benzene rings is 1. The molecule has 0 aliphatic carbocycles. The molecule has 3 nitrogen and oxygen atoms in total. The SMILES string of the molecule is CCOCS(=O)c1cccc(N)c1. The molecular formula is C9H13NO2S. The van der Waals surface area contributed by atoms with Crippen molar-refractivity contribution in [2.24, 2.45) is 0 Å². The van der Waals surface area contributed by atoms with Gasteiger partial charge >= 0.3 is 0 Å². The maximum atomic E-state index is 11.5. The van der Waals surface area contributed by atoms with Gasteiger partial charge < -0.3 is 10.5 Å². The molecule has 1 aromatic rings. The van der Waals surface area contributed by atoms with Gasteiger partial charge in [-0.2, -0.15) is 0 Å². The molecule has 0 saturated carbocycles. The Morgan fingerprint density at radius 1 is 1.54 bits per heavy atom. The van der Waals surface area contributed by atoms with Crippen molar-refractivity contribution in [2.75, 3.05) is 18.3 Å². The first-order chi connectivity index (χ1) is 6.24. The molecule has 0 aliphatic heterocycles. The van der Waals surface area contributed by atoms with E-state index in [0.717, 1.165) is 0 Å². The summed E-state index contributed by atoms with van der Waals surface area (Å²) >= 11 is 0. The molecule has 4 heteroatoms. The zero-order valence-electron chi connectivity index (χ0n) is 7.53. The number of nitrogen functional groups attached to an aromatic ring is 1. The van der Waals surface area contributed by atoms with Crippen molar-refractivity contribution in [3.63, 3.8) is 0 Å². The summed E-state index contributed by atoms with van der Waals surface area (Å²) in [6.07, 6.45) is 0. The number of rotatable bonds is 4. The summed E-state index contributed by atoms with van der Waals surface area (Å²) in [7, 11) is -1.10. The van der Waals surface area contributed by atoms with Crippen LogP contribution in [0.3, 0.4) is 0 Å². The van der Waals surface area contributed by atoms with Crippen molar-refractivity contribution < 1.29 is 8.95 Å². The summed E-state index contributed by atoms with van der Waals surface area (Å²) in [4.78, 5) is 0.716. The molecule has 0 aliphatic rings. The highest BCUT2D eigenvalue weighted by atomic mass is 32.2. The fraction of sp³-hybridized carbons (Fsp3) is 0.333. The predicted octanol–water partition coefficient (Wildman–Crippen LogP) is 1.37. The maximum Gasteiger partial charge on any atom is 0.126 e. The minimum Gasteiger partial charge on any atom is -0.399 e. The number of hydrogen-bond acceptors (Lipinski definition) is 3. The summed E-state index contributed by atoms with van der Waals surface area (Å²) in [5, 5.41) is 0. The molecule has 0 aromatic heterocycles. The summed E-state index contributed by atoms with van der Waals surface area (Å²) in [5.41, 5.74) is 6.18. The first-order valence-corrected chi connectivity index (χ1v) is 5.37. The lowest BCUT2D eigenvalue weighted by atomic mass is 10.3. The molecule has 0 fully saturated rings. The lowest BCUT2D eigenvalue weighted by molar-refractivity contribution is 0.196. The van der Waals surface area contributed by atoms with Gasteiger partial charge in [-0.15, -0.1) is 0 Å². The molecule has 1 unspecified atom stereocenters. The zero-order chi connectivity index (χ0) is 9.68. The van der Waals surface area contributed by atoms with E-state index in [9.17, 15) is 4.21 Å². The van der Waals surface area contributed by atoms with E-state index in [1.807, 2.05) is 6.92 Å². The van der Waals surface area contributed by atoms with Gasteiger partial charge in [0.15, 0.2) is 0 Å². The van der Waals surface area contributed by atoms with Crippen LogP contribution in [0.1, 0.15) is 6.92 Å². The quantitative estimate of drug-likeness (QED) is 0.745. The predicted molar refractivity (Wildman–Crippen MR) is 53.8 cm³/mol. The summed E-state index contributed by atoms with van der Waals surface area (Å²) in [5.74, 6) is 0.236. The third-order valence-electron chi connectivity index (χ3n) is 1.52. The normalized spacial score (nSPS) is 12.7. The van der Waals surface area contributed by atoms with E-state index >= 15 is 0 Å². The van der Waals surface area contributed by atoms with Crippen molar-refractivity contribution in [3.8, 4) is 0 Å². The number of hydrogen-bond donors (Lipinski definition) is 1. The molecule has 1 atom stereocenters. The molecule has 0 heterocycles. The number of ether oxygens (including phenoxy) is 1. The number of anilines is 1. The van der Waals surface area contributed by atoms with Crippen molar-refractivity contribution >= 4 is 16.5 Å². The molecule has 0 radical (unpaired) electrons. The van der Waals surface area contributed by atoms with Crippen LogP contribution in [-0.2, 0) is 15.5 Å². The van der Waals surface area contributed by atoms with Crippen LogP contribution >= 0.6 is 0 Å². The van der Waals surface area contributed by atoms with Gasteiger partial charge in [0, 0.05) is 17.2 Å². The molecule has 0 spiro atoms. The average molecular weight is 199 g/mol. The lowest BCUT2D eigenvalue weighted by Crippen LogP contribution is -2.02. The Morgan fingerprint density at radius 2 is 2.31 bits per heavy atom. The summed E-state index contributed by atoms with van der Waals surface area (Å²) in [6, 6.07) is 7.04. The van der Waals surface area contributed by atoms with Gasteiger partial charge in [0.1, 0.15) is 5.94 Å². The minimum atomic E-state index is -1.10. The molecule has 13 heavy (non-hydrogen) atoms. The van der Waals surface area contributed by atoms with Crippen LogP contribution in [0.5, 0.6) is 0 Å². The van der Waals surface area contributed by atoms with E-state index in [4.69, 9.17) is 10.5 Å². The molecule has 0 saturated heterocycles. The Kier molecular flexibility index (Phi) is 3.92. The van der Waals surface area contributed by atoms with E-state index in [-0.39, 0.29) is 5.94 Å². The smallest absolute Gasteiger partial charge is 0.126 e. The van der Waals surface area contributed by atoms with Gasteiger partial charge in [-0.1, -0.05) is 6.07 Å². The Hall–Kier alpha value is -0.870. The highest BCUT2D eigenvalue weighted by molar-refractivity contribution is 7.84. The molecule has 72 valence electrons. The van der Waals surface area contributed by atoms with Gasteiger partial charge in [-0.3, -0.25) is 4.21 Å². The van der Waals surface area contributed by atoms with E-state index in [1.54, 1.807) is 24.3 Å². The van der Waals surface area contributed by atoms with Gasteiger partial charge in [0.2, 0.25) is 0 Å². The minimum absolute atomic E-state index is 0.236. The average Bonchev–Trinajstić information content (AvgIpc) is 2.14. The second-order valence-corrected chi connectivity index (χ2v) is 3.93. The summed E-state index contributed by atoms with van der Waals surface area (Å²) < 4.78 is 16.5. The first-order valence-electron chi connectivity index (χ1n) is 4.05.